The Bertz CT molecular complexity index is 384. The quantitative estimate of drug-likeness (QED) is 0.886. The predicted octanol–water partition coefficient (Wildman–Crippen LogP) is 3.13. The van der Waals surface area contributed by atoms with Crippen LogP contribution < -0.4 is 5.32 Å². The second kappa shape index (κ2) is 5.04. The van der Waals surface area contributed by atoms with E-state index in [1.165, 1.54) is 37.8 Å². The van der Waals surface area contributed by atoms with E-state index in [2.05, 4.69) is 28.7 Å². The summed E-state index contributed by atoms with van der Waals surface area (Å²) in [5.74, 6) is 1.75. The molecular formula is C15H25N3. The number of nitrogens with one attached hydrogen (secondary N) is 1. The highest BCUT2D eigenvalue weighted by atomic mass is 15.1. The van der Waals surface area contributed by atoms with Crippen LogP contribution in [0.2, 0.25) is 0 Å². The van der Waals surface area contributed by atoms with E-state index >= 15 is 0 Å². The topological polar surface area (TPSA) is 29.9 Å². The van der Waals surface area contributed by atoms with Crippen molar-refractivity contribution in [3.05, 3.63) is 18.2 Å². The smallest absolute Gasteiger partial charge is 0.0951 e. The van der Waals surface area contributed by atoms with E-state index in [0.29, 0.717) is 6.04 Å². The fraction of sp³-hybridized carbons (Fsp3) is 0.800. The van der Waals surface area contributed by atoms with Crippen molar-refractivity contribution in [1.29, 1.82) is 0 Å². The number of hydrogen-bond donors (Lipinski definition) is 1. The first kappa shape index (κ1) is 12.2. The van der Waals surface area contributed by atoms with Crippen molar-refractivity contribution in [1.82, 2.24) is 14.9 Å². The summed E-state index contributed by atoms with van der Waals surface area (Å²) >= 11 is 0. The van der Waals surface area contributed by atoms with Gasteiger partial charge in [-0.25, -0.2) is 4.98 Å². The molecule has 18 heavy (non-hydrogen) atoms. The van der Waals surface area contributed by atoms with Crippen molar-refractivity contribution in [3.8, 4) is 0 Å². The molecule has 0 spiro atoms. The van der Waals surface area contributed by atoms with Gasteiger partial charge in [-0.1, -0.05) is 13.8 Å². The molecule has 1 aromatic rings. The Labute approximate surface area is 110 Å². The molecular weight excluding hydrogens is 222 g/mol. The molecule has 2 atom stereocenters. The lowest BCUT2D eigenvalue weighted by atomic mass is 9.80. The van der Waals surface area contributed by atoms with Crippen LogP contribution in [0.1, 0.15) is 57.7 Å². The third-order valence-electron chi connectivity index (χ3n) is 4.44. The van der Waals surface area contributed by atoms with Gasteiger partial charge in [-0.3, -0.25) is 0 Å². The molecule has 1 heterocycles. The molecule has 0 aromatic carbocycles. The second-order valence-electron chi connectivity index (χ2n) is 6.52. The highest BCUT2D eigenvalue weighted by molar-refractivity contribution is 5.03. The van der Waals surface area contributed by atoms with E-state index in [9.17, 15) is 0 Å². The van der Waals surface area contributed by atoms with Gasteiger partial charge in [0.2, 0.25) is 0 Å². The van der Waals surface area contributed by atoms with Gasteiger partial charge in [0.05, 0.1) is 12.0 Å². The van der Waals surface area contributed by atoms with Gasteiger partial charge in [0.25, 0.3) is 0 Å². The molecule has 100 valence electrons. The van der Waals surface area contributed by atoms with E-state index < -0.39 is 0 Å². The largest absolute Gasteiger partial charge is 0.330 e. The molecule has 3 rings (SSSR count). The molecule has 2 aliphatic carbocycles. The average Bonchev–Trinajstić information content (AvgIpc) is 3.05. The summed E-state index contributed by atoms with van der Waals surface area (Å²) in [4.78, 5) is 4.30. The summed E-state index contributed by atoms with van der Waals surface area (Å²) in [6.07, 6.45) is 10.8. The first-order valence-electron chi connectivity index (χ1n) is 7.46. The zero-order valence-corrected chi connectivity index (χ0v) is 11.6. The molecule has 0 radical (unpaired) electrons. The van der Waals surface area contributed by atoms with Crippen LogP contribution in [0.4, 0.5) is 0 Å². The number of aromatic nitrogens is 2. The monoisotopic (exact) mass is 247 g/mol. The average molecular weight is 247 g/mol. The van der Waals surface area contributed by atoms with Gasteiger partial charge in [0.1, 0.15) is 0 Å². The highest BCUT2D eigenvalue weighted by Gasteiger charge is 2.26. The van der Waals surface area contributed by atoms with Crippen LogP contribution in [0.15, 0.2) is 12.5 Å². The Hall–Kier alpha value is -0.830. The molecule has 3 heteroatoms. The lowest BCUT2D eigenvalue weighted by molar-refractivity contribution is 0.237. The maximum Gasteiger partial charge on any atom is 0.0951 e. The molecule has 0 amide bonds. The molecule has 1 aromatic heterocycles. The van der Waals surface area contributed by atoms with E-state index in [1.54, 1.807) is 0 Å². The number of hydrogen-bond acceptors (Lipinski definition) is 2. The van der Waals surface area contributed by atoms with Crippen LogP contribution in [-0.4, -0.2) is 15.6 Å². The summed E-state index contributed by atoms with van der Waals surface area (Å²) in [5, 5.41) is 3.75. The Morgan fingerprint density at radius 1 is 1.22 bits per heavy atom. The Morgan fingerprint density at radius 3 is 2.61 bits per heavy atom. The van der Waals surface area contributed by atoms with Crippen molar-refractivity contribution in [2.45, 2.75) is 64.6 Å². The lowest BCUT2D eigenvalue weighted by Crippen LogP contribution is -2.36. The summed E-state index contributed by atoms with van der Waals surface area (Å²) in [6.45, 7) is 5.76. The summed E-state index contributed by atoms with van der Waals surface area (Å²) in [6, 6.07) is 1.44. The summed E-state index contributed by atoms with van der Waals surface area (Å²) in [7, 11) is 0. The normalized spacial score (nSPS) is 32.7. The van der Waals surface area contributed by atoms with Crippen molar-refractivity contribution in [2.24, 2.45) is 11.8 Å². The molecule has 2 unspecified atom stereocenters. The fourth-order valence-corrected chi connectivity index (χ4v) is 3.51. The predicted molar refractivity (Wildman–Crippen MR) is 73.3 cm³/mol. The van der Waals surface area contributed by atoms with Crippen LogP contribution in [-0.2, 0) is 6.54 Å². The first-order valence-corrected chi connectivity index (χ1v) is 7.46. The van der Waals surface area contributed by atoms with E-state index in [1.807, 2.05) is 12.5 Å². The SMILES string of the molecule is CC1CC(C)CC(NCc2cncn2C2CC2)C1. The minimum Gasteiger partial charge on any atom is -0.330 e. The molecule has 2 aliphatic rings. The Kier molecular flexibility index (Phi) is 3.42. The third kappa shape index (κ3) is 2.77. The second-order valence-corrected chi connectivity index (χ2v) is 6.52. The molecule has 0 aliphatic heterocycles. The molecule has 2 saturated carbocycles. The lowest BCUT2D eigenvalue weighted by Gasteiger charge is -2.32. The van der Waals surface area contributed by atoms with E-state index in [0.717, 1.165) is 24.4 Å². The van der Waals surface area contributed by atoms with Gasteiger partial charge < -0.3 is 9.88 Å². The zero-order valence-electron chi connectivity index (χ0n) is 11.6. The minimum atomic E-state index is 0.700. The molecule has 0 saturated heterocycles. The fourth-order valence-electron chi connectivity index (χ4n) is 3.51. The van der Waals surface area contributed by atoms with Crippen LogP contribution in [0.25, 0.3) is 0 Å². The summed E-state index contributed by atoms with van der Waals surface area (Å²) < 4.78 is 2.36. The zero-order chi connectivity index (χ0) is 12.5. The van der Waals surface area contributed by atoms with Crippen LogP contribution >= 0.6 is 0 Å². The van der Waals surface area contributed by atoms with Crippen molar-refractivity contribution < 1.29 is 0 Å². The van der Waals surface area contributed by atoms with Gasteiger partial charge >= 0.3 is 0 Å². The Balaban J connectivity index is 1.55. The van der Waals surface area contributed by atoms with Crippen LogP contribution in [0, 0.1) is 11.8 Å². The van der Waals surface area contributed by atoms with Crippen LogP contribution in [0.3, 0.4) is 0 Å². The third-order valence-corrected chi connectivity index (χ3v) is 4.44. The number of nitrogens with zero attached hydrogens (tertiary/aromatic N) is 2. The molecule has 3 nitrogen and oxygen atoms in total. The molecule has 2 fully saturated rings. The van der Waals surface area contributed by atoms with Gasteiger partial charge in [-0.05, 0) is 43.9 Å². The van der Waals surface area contributed by atoms with Crippen molar-refractivity contribution in [3.63, 3.8) is 0 Å². The van der Waals surface area contributed by atoms with E-state index in [-0.39, 0.29) is 0 Å². The van der Waals surface area contributed by atoms with Gasteiger partial charge in [0, 0.05) is 24.8 Å². The van der Waals surface area contributed by atoms with Crippen molar-refractivity contribution in [2.75, 3.05) is 0 Å². The molecule has 1 N–H and O–H groups in total. The highest BCUT2D eigenvalue weighted by Crippen LogP contribution is 2.35. The summed E-state index contributed by atoms with van der Waals surface area (Å²) in [5.41, 5.74) is 1.36. The molecule has 0 bridgehead atoms. The van der Waals surface area contributed by atoms with Gasteiger partial charge in [-0.15, -0.1) is 0 Å². The van der Waals surface area contributed by atoms with E-state index in [4.69, 9.17) is 0 Å². The van der Waals surface area contributed by atoms with Crippen molar-refractivity contribution >= 4 is 0 Å². The standard InChI is InChI=1S/C15H25N3/c1-11-5-12(2)7-13(6-11)17-9-15-8-16-10-18(15)14-3-4-14/h8,10-14,17H,3-7,9H2,1-2H3. The maximum absolute atomic E-state index is 4.30. The number of rotatable bonds is 4. The Morgan fingerprint density at radius 2 is 1.94 bits per heavy atom. The minimum absolute atomic E-state index is 0.700. The first-order chi connectivity index (χ1) is 8.72. The maximum atomic E-state index is 4.30. The van der Waals surface area contributed by atoms with Crippen LogP contribution in [0.5, 0.6) is 0 Å². The number of imidazole rings is 1. The van der Waals surface area contributed by atoms with Gasteiger partial charge in [0.15, 0.2) is 0 Å². The van der Waals surface area contributed by atoms with Gasteiger partial charge in [-0.2, -0.15) is 0 Å².